The van der Waals surface area contributed by atoms with Crippen LogP contribution in [-0.4, -0.2) is 10.9 Å². The Hall–Kier alpha value is -1.75. The third-order valence-electron chi connectivity index (χ3n) is 2.51. The van der Waals surface area contributed by atoms with Gasteiger partial charge in [0.15, 0.2) is 0 Å². The molecule has 0 radical (unpaired) electrons. The van der Waals surface area contributed by atoms with Gasteiger partial charge in [-0.2, -0.15) is 0 Å². The number of benzene rings is 1. The van der Waals surface area contributed by atoms with Crippen LogP contribution < -0.4 is 5.32 Å². The van der Waals surface area contributed by atoms with Crippen LogP contribution >= 0.6 is 15.9 Å². The molecule has 3 nitrogen and oxygen atoms in total. The Labute approximate surface area is 119 Å². The van der Waals surface area contributed by atoms with Gasteiger partial charge in [0, 0.05) is 22.9 Å². The number of amides is 1. The van der Waals surface area contributed by atoms with E-state index in [1.807, 2.05) is 6.07 Å². The third kappa shape index (κ3) is 4.44. The lowest BCUT2D eigenvalue weighted by Gasteiger charge is -2.05. The summed E-state index contributed by atoms with van der Waals surface area (Å²) in [6.45, 7) is 0.313. The Balaban J connectivity index is 1.86. The summed E-state index contributed by atoms with van der Waals surface area (Å²) in [4.78, 5) is 15.8. The van der Waals surface area contributed by atoms with Crippen molar-refractivity contribution in [1.29, 1.82) is 0 Å². The highest BCUT2D eigenvalue weighted by atomic mass is 79.9. The average Bonchev–Trinajstić information content (AvgIpc) is 2.39. The third-order valence-corrected chi connectivity index (χ3v) is 2.98. The van der Waals surface area contributed by atoms with Gasteiger partial charge in [0.05, 0.1) is 6.42 Å². The van der Waals surface area contributed by atoms with Crippen molar-refractivity contribution in [3.63, 3.8) is 0 Å². The molecule has 5 heteroatoms. The molecular weight excluding hydrogens is 311 g/mol. The number of nitrogens with zero attached hydrogens (tertiary/aromatic N) is 1. The topological polar surface area (TPSA) is 42.0 Å². The minimum atomic E-state index is -0.304. The zero-order valence-electron chi connectivity index (χ0n) is 10.1. The van der Waals surface area contributed by atoms with Crippen LogP contribution in [0.2, 0.25) is 0 Å². The van der Waals surface area contributed by atoms with E-state index in [4.69, 9.17) is 0 Å². The van der Waals surface area contributed by atoms with E-state index in [1.54, 1.807) is 24.4 Å². The Morgan fingerprint density at radius 1 is 1.32 bits per heavy atom. The van der Waals surface area contributed by atoms with E-state index in [1.165, 1.54) is 12.1 Å². The number of carbonyl (C=O) groups excluding carboxylic acids is 1. The first-order valence-electron chi connectivity index (χ1n) is 5.75. The zero-order valence-corrected chi connectivity index (χ0v) is 11.7. The van der Waals surface area contributed by atoms with Gasteiger partial charge in [0.2, 0.25) is 5.91 Å². The van der Waals surface area contributed by atoms with E-state index < -0.39 is 0 Å². The van der Waals surface area contributed by atoms with Gasteiger partial charge in [-0.3, -0.25) is 9.78 Å². The first kappa shape index (κ1) is 13.7. The number of aromatic nitrogens is 1. The average molecular weight is 323 g/mol. The quantitative estimate of drug-likeness (QED) is 0.940. The number of nitrogens with one attached hydrogen (secondary N) is 1. The van der Waals surface area contributed by atoms with Gasteiger partial charge in [-0.15, -0.1) is 0 Å². The molecule has 0 bridgehead atoms. The fourth-order valence-electron chi connectivity index (χ4n) is 1.59. The van der Waals surface area contributed by atoms with Crippen LogP contribution in [0.25, 0.3) is 0 Å². The highest BCUT2D eigenvalue weighted by molar-refractivity contribution is 9.10. The molecular formula is C14H12BrFN2O. The largest absolute Gasteiger partial charge is 0.352 e. The highest BCUT2D eigenvalue weighted by Crippen LogP contribution is 2.08. The summed E-state index contributed by atoms with van der Waals surface area (Å²) < 4.78 is 13.8. The van der Waals surface area contributed by atoms with Gasteiger partial charge < -0.3 is 5.32 Å². The SMILES string of the molecule is O=C(Cc1ccc(Br)cn1)NCc1cccc(F)c1. The number of halogens is 2. The van der Waals surface area contributed by atoms with Crippen molar-refractivity contribution >= 4 is 21.8 Å². The Morgan fingerprint density at radius 3 is 2.84 bits per heavy atom. The maximum atomic E-state index is 12.9. The summed E-state index contributed by atoms with van der Waals surface area (Å²) in [7, 11) is 0. The highest BCUT2D eigenvalue weighted by Gasteiger charge is 2.04. The lowest BCUT2D eigenvalue weighted by molar-refractivity contribution is -0.120. The normalized spacial score (nSPS) is 10.2. The molecule has 1 N–H and O–H groups in total. The van der Waals surface area contributed by atoms with E-state index in [0.717, 1.165) is 10.0 Å². The van der Waals surface area contributed by atoms with Gasteiger partial charge in [-0.1, -0.05) is 12.1 Å². The van der Waals surface area contributed by atoms with Crippen molar-refractivity contribution in [2.24, 2.45) is 0 Å². The molecule has 2 aromatic rings. The van der Waals surface area contributed by atoms with Gasteiger partial charge in [-0.05, 0) is 45.8 Å². The Kier molecular flexibility index (Phi) is 4.63. The molecule has 0 saturated heterocycles. The molecule has 0 saturated carbocycles. The molecule has 0 unspecified atom stereocenters. The monoisotopic (exact) mass is 322 g/mol. The fourth-order valence-corrected chi connectivity index (χ4v) is 1.82. The summed E-state index contributed by atoms with van der Waals surface area (Å²) in [5.74, 6) is -0.444. The molecule has 0 aliphatic heterocycles. The summed E-state index contributed by atoms with van der Waals surface area (Å²) >= 11 is 3.28. The first-order valence-corrected chi connectivity index (χ1v) is 6.54. The zero-order chi connectivity index (χ0) is 13.7. The second-order valence-corrected chi connectivity index (χ2v) is 4.97. The van der Waals surface area contributed by atoms with Gasteiger partial charge in [0.25, 0.3) is 0 Å². The van der Waals surface area contributed by atoms with Crippen LogP contribution in [-0.2, 0) is 17.8 Å². The molecule has 0 fully saturated rings. The summed E-state index contributed by atoms with van der Waals surface area (Å²) in [5, 5.41) is 2.73. The predicted molar refractivity (Wildman–Crippen MR) is 73.9 cm³/mol. The van der Waals surface area contributed by atoms with Crippen molar-refractivity contribution in [3.8, 4) is 0 Å². The van der Waals surface area contributed by atoms with Crippen molar-refractivity contribution in [3.05, 3.63) is 64.1 Å². The second kappa shape index (κ2) is 6.43. The molecule has 1 heterocycles. The van der Waals surface area contributed by atoms with Crippen LogP contribution in [0.15, 0.2) is 47.1 Å². The fraction of sp³-hybridized carbons (Fsp3) is 0.143. The molecule has 1 aromatic heterocycles. The van der Waals surface area contributed by atoms with Crippen LogP contribution in [0.4, 0.5) is 4.39 Å². The van der Waals surface area contributed by atoms with E-state index >= 15 is 0 Å². The lowest BCUT2D eigenvalue weighted by Crippen LogP contribution is -2.24. The van der Waals surface area contributed by atoms with Crippen LogP contribution in [0, 0.1) is 5.82 Å². The number of rotatable bonds is 4. The molecule has 0 aliphatic rings. The van der Waals surface area contributed by atoms with Crippen molar-refractivity contribution in [2.45, 2.75) is 13.0 Å². The van der Waals surface area contributed by atoms with Crippen molar-refractivity contribution < 1.29 is 9.18 Å². The molecule has 1 amide bonds. The van der Waals surface area contributed by atoms with E-state index in [9.17, 15) is 9.18 Å². The van der Waals surface area contributed by atoms with Gasteiger partial charge >= 0.3 is 0 Å². The van der Waals surface area contributed by atoms with E-state index in [0.29, 0.717) is 12.2 Å². The number of hydrogen-bond acceptors (Lipinski definition) is 2. The number of pyridine rings is 1. The van der Waals surface area contributed by atoms with Crippen LogP contribution in [0.5, 0.6) is 0 Å². The van der Waals surface area contributed by atoms with E-state index in [-0.39, 0.29) is 18.1 Å². The summed E-state index contributed by atoms with van der Waals surface area (Å²) in [6, 6.07) is 9.78. The standard InChI is InChI=1S/C14H12BrFN2O/c15-11-4-5-13(17-9-11)7-14(19)18-8-10-2-1-3-12(16)6-10/h1-6,9H,7-8H2,(H,18,19). The maximum absolute atomic E-state index is 12.9. The molecule has 2 rings (SSSR count). The van der Waals surface area contributed by atoms with Crippen LogP contribution in [0.3, 0.4) is 0 Å². The minimum Gasteiger partial charge on any atom is -0.352 e. The smallest absolute Gasteiger partial charge is 0.226 e. The lowest BCUT2D eigenvalue weighted by atomic mass is 10.2. The Bertz CT molecular complexity index is 572. The summed E-state index contributed by atoms with van der Waals surface area (Å²) in [5.41, 5.74) is 1.43. The van der Waals surface area contributed by atoms with Crippen LogP contribution in [0.1, 0.15) is 11.3 Å². The first-order chi connectivity index (χ1) is 9.13. The molecule has 0 spiro atoms. The predicted octanol–water partition coefficient (Wildman–Crippen LogP) is 2.84. The summed E-state index contributed by atoms with van der Waals surface area (Å²) in [6.07, 6.45) is 1.86. The molecule has 98 valence electrons. The number of hydrogen-bond donors (Lipinski definition) is 1. The molecule has 0 aliphatic carbocycles. The molecule has 19 heavy (non-hydrogen) atoms. The molecule has 0 atom stereocenters. The number of carbonyl (C=O) groups is 1. The second-order valence-electron chi connectivity index (χ2n) is 4.05. The van der Waals surface area contributed by atoms with E-state index in [2.05, 4.69) is 26.2 Å². The van der Waals surface area contributed by atoms with Crippen molar-refractivity contribution in [2.75, 3.05) is 0 Å². The Morgan fingerprint density at radius 2 is 2.16 bits per heavy atom. The van der Waals surface area contributed by atoms with Gasteiger partial charge in [-0.25, -0.2) is 4.39 Å². The minimum absolute atomic E-state index is 0.140. The van der Waals surface area contributed by atoms with Crippen molar-refractivity contribution in [1.82, 2.24) is 10.3 Å². The maximum Gasteiger partial charge on any atom is 0.226 e. The van der Waals surface area contributed by atoms with Gasteiger partial charge in [0.1, 0.15) is 5.82 Å². The molecule has 1 aromatic carbocycles.